The highest BCUT2D eigenvalue weighted by Crippen LogP contribution is 2.28. The SMILES string of the molecule is COc1ccc(C(Br)Cc2ccc([N+](=O)[O-])cc2)cc1. The number of nitro benzene ring substituents is 1. The number of nitrogens with zero attached hydrogens (tertiary/aromatic N) is 1. The van der Waals surface area contributed by atoms with Crippen LogP contribution in [-0.2, 0) is 6.42 Å². The summed E-state index contributed by atoms with van der Waals surface area (Å²) in [4.78, 5) is 10.4. The molecule has 4 nitrogen and oxygen atoms in total. The number of benzene rings is 2. The Labute approximate surface area is 125 Å². The highest BCUT2D eigenvalue weighted by molar-refractivity contribution is 9.09. The van der Waals surface area contributed by atoms with Crippen molar-refractivity contribution in [1.82, 2.24) is 0 Å². The zero-order valence-electron chi connectivity index (χ0n) is 11.0. The summed E-state index contributed by atoms with van der Waals surface area (Å²) in [6, 6.07) is 14.5. The molecule has 0 aromatic heterocycles. The predicted molar refractivity (Wildman–Crippen MR) is 81.5 cm³/mol. The van der Waals surface area contributed by atoms with Crippen molar-refractivity contribution in [3.8, 4) is 5.75 Å². The van der Waals surface area contributed by atoms with Gasteiger partial charge in [-0.1, -0.05) is 40.2 Å². The van der Waals surface area contributed by atoms with Crippen LogP contribution in [0, 0.1) is 10.1 Å². The maximum atomic E-state index is 10.6. The van der Waals surface area contributed by atoms with Gasteiger partial charge in [0.1, 0.15) is 5.75 Å². The molecule has 5 heteroatoms. The summed E-state index contributed by atoms with van der Waals surface area (Å²) in [5.74, 6) is 0.823. The molecule has 0 aliphatic heterocycles. The van der Waals surface area contributed by atoms with Crippen LogP contribution in [0.4, 0.5) is 5.69 Å². The third-order valence-electron chi connectivity index (χ3n) is 3.04. The van der Waals surface area contributed by atoms with Crippen LogP contribution >= 0.6 is 15.9 Å². The quantitative estimate of drug-likeness (QED) is 0.465. The first-order valence-electron chi connectivity index (χ1n) is 6.11. The van der Waals surface area contributed by atoms with E-state index in [1.807, 2.05) is 24.3 Å². The molecule has 2 rings (SSSR count). The minimum Gasteiger partial charge on any atom is -0.497 e. The summed E-state index contributed by atoms with van der Waals surface area (Å²) in [5, 5.41) is 10.6. The van der Waals surface area contributed by atoms with E-state index >= 15 is 0 Å². The van der Waals surface area contributed by atoms with Crippen molar-refractivity contribution in [3.05, 3.63) is 69.8 Å². The second-order valence-electron chi connectivity index (χ2n) is 4.37. The van der Waals surface area contributed by atoms with Gasteiger partial charge in [-0.3, -0.25) is 10.1 Å². The fraction of sp³-hybridized carbons (Fsp3) is 0.200. The van der Waals surface area contributed by atoms with Gasteiger partial charge in [0.25, 0.3) is 5.69 Å². The van der Waals surface area contributed by atoms with Gasteiger partial charge in [-0.2, -0.15) is 0 Å². The van der Waals surface area contributed by atoms with Crippen molar-refractivity contribution in [3.63, 3.8) is 0 Å². The molecular formula is C15H14BrNO3. The van der Waals surface area contributed by atoms with Crippen LogP contribution in [-0.4, -0.2) is 12.0 Å². The van der Waals surface area contributed by atoms with E-state index in [-0.39, 0.29) is 10.5 Å². The highest BCUT2D eigenvalue weighted by atomic mass is 79.9. The summed E-state index contributed by atoms with van der Waals surface area (Å²) in [6.45, 7) is 0. The third kappa shape index (κ3) is 3.57. The fourth-order valence-electron chi connectivity index (χ4n) is 1.89. The van der Waals surface area contributed by atoms with Gasteiger partial charge in [0.05, 0.1) is 12.0 Å². The zero-order valence-corrected chi connectivity index (χ0v) is 12.5. The van der Waals surface area contributed by atoms with Crippen molar-refractivity contribution in [2.45, 2.75) is 11.2 Å². The minimum absolute atomic E-state index is 0.115. The molecule has 2 aromatic rings. The van der Waals surface area contributed by atoms with Crippen LogP contribution in [0.15, 0.2) is 48.5 Å². The molecule has 1 atom stereocenters. The molecule has 0 saturated carbocycles. The molecule has 2 aromatic carbocycles. The van der Waals surface area contributed by atoms with E-state index in [4.69, 9.17) is 4.74 Å². The number of ether oxygens (including phenoxy) is 1. The highest BCUT2D eigenvalue weighted by Gasteiger charge is 2.10. The van der Waals surface area contributed by atoms with Gasteiger partial charge in [-0.25, -0.2) is 0 Å². The Kier molecular flexibility index (Phi) is 4.74. The van der Waals surface area contributed by atoms with Gasteiger partial charge in [0, 0.05) is 17.0 Å². The topological polar surface area (TPSA) is 52.4 Å². The smallest absolute Gasteiger partial charge is 0.269 e. The number of hydrogen-bond donors (Lipinski definition) is 0. The van der Waals surface area contributed by atoms with Crippen LogP contribution in [0.1, 0.15) is 16.0 Å². The van der Waals surface area contributed by atoms with Crippen LogP contribution in [0.3, 0.4) is 0 Å². The van der Waals surface area contributed by atoms with Crippen molar-refractivity contribution >= 4 is 21.6 Å². The average molecular weight is 336 g/mol. The van der Waals surface area contributed by atoms with Gasteiger partial charge >= 0.3 is 0 Å². The molecular weight excluding hydrogens is 322 g/mol. The lowest BCUT2D eigenvalue weighted by molar-refractivity contribution is -0.384. The number of non-ortho nitro benzene ring substituents is 1. The Morgan fingerprint density at radius 2 is 1.75 bits per heavy atom. The molecule has 0 N–H and O–H groups in total. The first-order valence-corrected chi connectivity index (χ1v) is 7.03. The molecule has 0 heterocycles. The van der Waals surface area contributed by atoms with Crippen LogP contribution in [0.2, 0.25) is 0 Å². The van der Waals surface area contributed by atoms with E-state index in [0.29, 0.717) is 0 Å². The van der Waals surface area contributed by atoms with Crippen LogP contribution < -0.4 is 4.74 Å². The Morgan fingerprint density at radius 1 is 1.15 bits per heavy atom. The van der Waals surface area contributed by atoms with Gasteiger partial charge < -0.3 is 4.74 Å². The van der Waals surface area contributed by atoms with Crippen LogP contribution in [0.5, 0.6) is 5.75 Å². The number of hydrogen-bond acceptors (Lipinski definition) is 3. The fourth-order valence-corrected chi connectivity index (χ4v) is 2.57. The summed E-state index contributed by atoms with van der Waals surface area (Å²) in [7, 11) is 1.64. The standard InChI is InChI=1S/C15H14BrNO3/c1-20-14-8-4-12(5-9-14)15(16)10-11-2-6-13(7-3-11)17(18)19/h2-9,15H,10H2,1H3. The number of rotatable bonds is 5. The summed E-state index contributed by atoms with van der Waals surface area (Å²) in [6.07, 6.45) is 0.768. The first kappa shape index (κ1) is 14.5. The Morgan fingerprint density at radius 3 is 2.25 bits per heavy atom. The molecule has 104 valence electrons. The van der Waals surface area contributed by atoms with E-state index in [2.05, 4.69) is 15.9 Å². The Hall–Kier alpha value is -1.88. The molecule has 0 radical (unpaired) electrons. The van der Waals surface area contributed by atoms with E-state index in [1.54, 1.807) is 19.2 Å². The third-order valence-corrected chi connectivity index (χ3v) is 3.89. The maximum absolute atomic E-state index is 10.6. The average Bonchev–Trinajstić information content (AvgIpc) is 2.48. The van der Waals surface area contributed by atoms with Crippen molar-refractivity contribution in [2.75, 3.05) is 7.11 Å². The Balaban J connectivity index is 2.06. The van der Waals surface area contributed by atoms with Gasteiger partial charge in [0.15, 0.2) is 0 Å². The normalized spacial score (nSPS) is 11.9. The molecule has 0 aliphatic rings. The molecule has 20 heavy (non-hydrogen) atoms. The lowest BCUT2D eigenvalue weighted by Gasteiger charge is -2.11. The maximum Gasteiger partial charge on any atom is 0.269 e. The van der Waals surface area contributed by atoms with Gasteiger partial charge in [-0.15, -0.1) is 0 Å². The molecule has 1 unspecified atom stereocenters. The summed E-state index contributed by atoms with van der Waals surface area (Å²) < 4.78 is 5.12. The first-order chi connectivity index (χ1) is 9.60. The molecule has 0 amide bonds. The van der Waals surface area contributed by atoms with Gasteiger partial charge in [0.2, 0.25) is 0 Å². The number of nitro groups is 1. The lowest BCUT2D eigenvalue weighted by Crippen LogP contribution is -1.96. The second-order valence-corrected chi connectivity index (χ2v) is 5.47. The number of halogens is 1. The molecule has 0 saturated heterocycles. The minimum atomic E-state index is -0.390. The predicted octanol–water partition coefficient (Wildman–Crippen LogP) is 4.28. The van der Waals surface area contributed by atoms with Crippen molar-refractivity contribution in [1.29, 1.82) is 0 Å². The van der Waals surface area contributed by atoms with E-state index in [9.17, 15) is 10.1 Å². The monoisotopic (exact) mass is 335 g/mol. The molecule has 0 fully saturated rings. The van der Waals surface area contributed by atoms with Gasteiger partial charge in [-0.05, 0) is 29.7 Å². The second kappa shape index (κ2) is 6.52. The molecule has 0 aliphatic carbocycles. The summed E-state index contributed by atoms with van der Waals surface area (Å²) >= 11 is 3.64. The van der Waals surface area contributed by atoms with Crippen molar-refractivity contribution in [2.24, 2.45) is 0 Å². The number of alkyl halides is 1. The largest absolute Gasteiger partial charge is 0.497 e. The molecule has 0 bridgehead atoms. The van der Waals surface area contributed by atoms with Crippen LogP contribution in [0.25, 0.3) is 0 Å². The number of methoxy groups -OCH3 is 1. The zero-order chi connectivity index (χ0) is 14.5. The van der Waals surface area contributed by atoms with E-state index in [1.165, 1.54) is 12.1 Å². The van der Waals surface area contributed by atoms with E-state index < -0.39 is 4.92 Å². The van der Waals surface area contributed by atoms with E-state index in [0.717, 1.165) is 23.3 Å². The lowest BCUT2D eigenvalue weighted by atomic mass is 10.0. The summed E-state index contributed by atoms with van der Waals surface area (Å²) in [5.41, 5.74) is 2.31. The Bertz CT molecular complexity index is 581. The van der Waals surface area contributed by atoms with Crippen molar-refractivity contribution < 1.29 is 9.66 Å². The molecule has 0 spiro atoms.